The highest BCUT2D eigenvalue weighted by Gasteiger charge is 2.15. The second-order valence-corrected chi connectivity index (χ2v) is 5.87. The van der Waals surface area contributed by atoms with Crippen molar-refractivity contribution in [1.29, 1.82) is 0 Å². The van der Waals surface area contributed by atoms with Crippen LogP contribution < -0.4 is 5.32 Å². The van der Waals surface area contributed by atoms with Gasteiger partial charge >= 0.3 is 0 Å². The summed E-state index contributed by atoms with van der Waals surface area (Å²) in [4.78, 5) is 0. The molecule has 1 fully saturated rings. The van der Waals surface area contributed by atoms with Crippen LogP contribution in [-0.4, -0.2) is 15.8 Å². The van der Waals surface area contributed by atoms with Crippen LogP contribution in [0, 0.1) is 13.8 Å². The summed E-state index contributed by atoms with van der Waals surface area (Å²) >= 11 is 0. The minimum atomic E-state index is 0.705. The summed E-state index contributed by atoms with van der Waals surface area (Å²) < 4.78 is 2.04. The predicted octanol–water partition coefficient (Wildman–Crippen LogP) is 3.52. The van der Waals surface area contributed by atoms with Gasteiger partial charge in [-0.1, -0.05) is 25.0 Å². The van der Waals surface area contributed by atoms with Gasteiger partial charge in [0.1, 0.15) is 0 Å². The van der Waals surface area contributed by atoms with Crippen LogP contribution in [0.3, 0.4) is 0 Å². The van der Waals surface area contributed by atoms with Crippen molar-refractivity contribution in [2.24, 2.45) is 0 Å². The van der Waals surface area contributed by atoms with E-state index >= 15 is 0 Å². The molecule has 0 amide bonds. The van der Waals surface area contributed by atoms with Crippen molar-refractivity contribution >= 4 is 0 Å². The van der Waals surface area contributed by atoms with E-state index in [9.17, 15) is 0 Å². The van der Waals surface area contributed by atoms with Gasteiger partial charge in [0.25, 0.3) is 0 Å². The highest BCUT2D eigenvalue weighted by atomic mass is 15.3. The fourth-order valence-electron chi connectivity index (χ4n) is 3.02. The highest BCUT2D eigenvalue weighted by Crippen LogP contribution is 2.19. The molecule has 1 heterocycles. The molecule has 1 aromatic heterocycles. The minimum absolute atomic E-state index is 0.705. The van der Waals surface area contributed by atoms with Crippen LogP contribution in [0.25, 0.3) is 5.69 Å². The van der Waals surface area contributed by atoms with Crippen molar-refractivity contribution in [3.8, 4) is 5.69 Å². The number of rotatable bonds is 4. The van der Waals surface area contributed by atoms with E-state index in [-0.39, 0.29) is 0 Å². The van der Waals surface area contributed by atoms with E-state index in [1.807, 2.05) is 10.9 Å². The van der Waals surface area contributed by atoms with Crippen LogP contribution in [0.1, 0.15) is 42.5 Å². The first-order valence-corrected chi connectivity index (χ1v) is 7.58. The first kappa shape index (κ1) is 13.4. The van der Waals surface area contributed by atoms with Gasteiger partial charge < -0.3 is 5.32 Å². The summed E-state index contributed by atoms with van der Waals surface area (Å²) in [5.41, 5.74) is 4.96. The molecule has 1 aromatic carbocycles. The van der Waals surface area contributed by atoms with Gasteiger partial charge in [-0.05, 0) is 44.4 Å². The molecule has 1 aliphatic carbocycles. The van der Waals surface area contributed by atoms with E-state index in [2.05, 4.69) is 48.5 Å². The lowest BCUT2D eigenvalue weighted by Gasteiger charge is -2.11. The zero-order chi connectivity index (χ0) is 13.9. The van der Waals surface area contributed by atoms with Crippen LogP contribution in [0.5, 0.6) is 0 Å². The molecule has 0 atom stereocenters. The Labute approximate surface area is 121 Å². The van der Waals surface area contributed by atoms with Crippen molar-refractivity contribution in [3.63, 3.8) is 0 Å². The van der Waals surface area contributed by atoms with Crippen molar-refractivity contribution in [2.75, 3.05) is 0 Å². The topological polar surface area (TPSA) is 29.9 Å². The molecule has 1 saturated carbocycles. The Morgan fingerprint density at radius 1 is 1.25 bits per heavy atom. The third-order valence-corrected chi connectivity index (χ3v) is 4.29. The summed E-state index contributed by atoms with van der Waals surface area (Å²) in [6.07, 6.45) is 7.40. The van der Waals surface area contributed by atoms with E-state index < -0.39 is 0 Å². The Balaban J connectivity index is 1.74. The van der Waals surface area contributed by atoms with E-state index in [1.54, 1.807) is 0 Å². The quantitative estimate of drug-likeness (QED) is 0.920. The van der Waals surface area contributed by atoms with Gasteiger partial charge in [-0.3, -0.25) is 0 Å². The van der Waals surface area contributed by atoms with Gasteiger partial charge in [0.05, 0.1) is 11.9 Å². The van der Waals surface area contributed by atoms with Gasteiger partial charge in [0.2, 0.25) is 0 Å². The number of aromatic nitrogens is 2. The highest BCUT2D eigenvalue weighted by molar-refractivity contribution is 5.37. The maximum atomic E-state index is 4.55. The van der Waals surface area contributed by atoms with E-state index in [0.717, 1.165) is 12.2 Å². The molecule has 1 aliphatic rings. The standard InChI is InChI=1S/C17H23N3/c1-13-6-5-9-17(10-13)20-14(2)15(12-19-20)11-18-16-7-3-4-8-16/h5-6,9-10,12,16,18H,3-4,7-8,11H2,1-2H3. The van der Waals surface area contributed by atoms with Crippen LogP contribution >= 0.6 is 0 Å². The van der Waals surface area contributed by atoms with Gasteiger partial charge in [-0.15, -0.1) is 0 Å². The first-order valence-electron chi connectivity index (χ1n) is 7.58. The summed E-state index contributed by atoms with van der Waals surface area (Å²) in [6.45, 7) is 5.20. The first-order chi connectivity index (χ1) is 9.74. The van der Waals surface area contributed by atoms with Gasteiger partial charge in [-0.25, -0.2) is 4.68 Å². The maximum absolute atomic E-state index is 4.55. The molecular weight excluding hydrogens is 246 g/mol. The fourth-order valence-corrected chi connectivity index (χ4v) is 3.02. The molecule has 0 aliphatic heterocycles. The molecule has 0 radical (unpaired) electrons. The van der Waals surface area contributed by atoms with E-state index in [4.69, 9.17) is 0 Å². The number of hydrogen-bond acceptors (Lipinski definition) is 2. The second kappa shape index (κ2) is 5.80. The Morgan fingerprint density at radius 2 is 2.05 bits per heavy atom. The molecule has 0 saturated heterocycles. The monoisotopic (exact) mass is 269 g/mol. The Bertz CT molecular complexity index is 580. The molecule has 1 N–H and O–H groups in total. The lowest BCUT2D eigenvalue weighted by atomic mass is 10.2. The lowest BCUT2D eigenvalue weighted by molar-refractivity contribution is 0.523. The van der Waals surface area contributed by atoms with E-state index in [0.29, 0.717) is 6.04 Å². The Hall–Kier alpha value is -1.61. The van der Waals surface area contributed by atoms with E-state index in [1.165, 1.54) is 42.5 Å². The zero-order valence-corrected chi connectivity index (χ0v) is 12.4. The van der Waals surface area contributed by atoms with Crippen molar-refractivity contribution in [1.82, 2.24) is 15.1 Å². The Kier molecular flexibility index (Phi) is 3.88. The smallest absolute Gasteiger partial charge is 0.0651 e. The fraction of sp³-hybridized carbons (Fsp3) is 0.471. The number of hydrogen-bond donors (Lipinski definition) is 1. The molecule has 3 nitrogen and oxygen atoms in total. The number of nitrogens with zero attached hydrogens (tertiary/aromatic N) is 2. The largest absolute Gasteiger partial charge is 0.310 e. The number of nitrogens with one attached hydrogen (secondary N) is 1. The normalized spacial score (nSPS) is 15.9. The average Bonchev–Trinajstić information content (AvgIpc) is 3.06. The number of benzene rings is 1. The maximum Gasteiger partial charge on any atom is 0.0651 e. The second-order valence-electron chi connectivity index (χ2n) is 5.87. The molecule has 20 heavy (non-hydrogen) atoms. The summed E-state index contributed by atoms with van der Waals surface area (Å²) in [7, 11) is 0. The Morgan fingerprint density at radius 3 is 2.80 bits per heavy atom. The summed E-state index contributed by atoms with van der Waals surface area (Å²) in [5, 5.41) is 8.21. The molecular formula is C17H23N3. The summed E-state index contributed by atoms with van der Waals surface area (Å²) in [5.74, 6) is 0. The SMILES string of the molecule is Cc1cccc(-n2ncc(CNC3CCCC3)c2C)c1. The van der Waals surface area contributed by atoms with Gasteiger partial charge in [0, 0.05) is 23.8 Å². The summed E-state index contributed by atoms with van der Waals surface area (Å²) in [6, 6.07) is 9.19. The van der Waals surface area contributed by atoms with Crippen LogP contribution in [0.15, 0.2) is 30.5 Å². The predicted molar refractivity (Wildman–Crippen MR) is 82.1 cm³/mol. The molecule has 2 aromatic rings. The molecule has 3 rings (SSSR count). The van der Waals surface area contributed by atoms with Crippen LogP contribution in [-0.2, 0) is 6.54 Å². The lowest BCUT2D eigenvalue weighted by Crippen LogP contribution is -2.25. The average molecular weight is 269 g/mol. The third-order valence-electron chi connectivity index (χ3n) is 4.29. The molecule has 0 spiro atoms. The molecule has 0 bridgehead atoms. The zero-order valence-electron chi connectivity index (χ0n) is 12.4. The number of aryl methyl sites for hydroxylation is 1. The van der Waals surface area contributed by atoms with Crippen molar-refractivity contribution in [2.45, 2.75) is 52.1 Å². The van der Waals surface area contributed by atoms with Gasteiger partial charge in [0.15, 0.2) is 0 Å². The molecule has 106 valence electrons. The van der Waals surface area contributed by atoms with Crippen LogP contribution in [0.4, 0.5) is 0 Å². The van der Waals surface area contributed by atoms with Gasteiger partial charge in [-0.2, -0.15) is 5.10 Å². The molecule has 3 heteroatoms. The van der Waals surface area contributed by atoms with Crippen molar-refractivity contribution < 1.29 is 0 Å². The molecule has 0 unspecified atom stereocenters. The van der Waals surface area contributed by atoms with Crippen molar-refractivity contribution in [3.05, 3.63) is 47.3 Å². The third kappa shape index (κ3) is 2.78. The van der Waals surface area contributed by atoms with Crippen LogP contribution in [0.2, 0.25) is 0 Å². The minimum Gasteiger partial charge on any atom is -0.310 e.